The molecular weight excluding hydrogens is 432 g/mol. The van der Waals surface area contributed by atoms with Gasteiger partial charge in [-0.2, -0.15) is 0 Å². The number of hydrogen-bond acceptors (Lipinski definition) is 4. The van der Waals surface area contributed by atoms with Crippen molar-refractivity contribution in [3.63, 3.8) is 0 Å². The Hall–Kier alpha value is -3.19. The Morgan fingerprint density at radius 2 is 1.55 bits per heavy atom. The first-order valence-corrected chi connectivity index (χ1v) is 13.1. The average Bonchev–Trinajstić information content (AvgIpc) is 3.05. The van der Waals surface area contributed by atoms with E-state index in [1.165, 1.54) is 11.8 Å². The number of rotatable bonds is 7. The molecule has 0 bridgehead atoms. The second kappa shape index (κ2) is 8.98. The molecule has 0 spiro atoms. The standard InChI is InChI=1S/C26H30N4O2S/c1-18-7-11-21(12-8-18)16-23(17-33(4,31)32)30-25-24(6-5-15-28-25)29(26(30)27)20(3)22-13-9-19(2)10-14-22/h5-15,20,23,27H,16-17H2,1-4H3. The number of hydrogen-bond donors (Lipinski definition) is 1. The largest absolute Gasteiger partial charge is 0.302 e. The van der Waals surface area contributed by atoms with Crippen LogP contribution in [0.15, 0.2) is 66.9 Å². The molecule has 2 aromatic heterocycles. The summed E-state index contributed by atoms with van der Waals surface area (Å²) < 4.78 is 28.5. The zero-order valence-electron chi connectivity index (χ0n) is 19.5. The number of fused-ring (bicyclic) bond motifs is 1. The Morgan fingerprint density at radius 1 is 0.939 bits per heavy atom. The molecule has 2 heterocycles. The van der Waals surface area contributed by atoms with Crippen molar-refractivity contribution in [2.24, 2.45) is 0 Å². The predicted octanol–water partition coefficient (Wildman–Crippen LogP) is 4.37. The molecule has 0 saturated carbocycles. The molecule has 2 atom stereocenters. The molecule has 0 aliphatic carbocycles. The summed E-state index contributed by atoms with van der Waals surface area (Å²) in [5.74, 6) is -0.0635. The summed E-state index contributed by atoms with van der Waals surface area (Å²) in [6.45, 7) is 6.14. The summed E-state index contributed by atoms with van der Waals surface area (Å²) in [4.78, 5) is 4.59. The van der Waals surface area contributed by atoms with Gasteiger partial charge in [-0.15, -0.1) is 0 Å². The number of aryl methyl sites for hydroxylation is 2. The lowest BCUT2D eigenvalue weighted by Gasteiger charge is -2.19. The lowest BCUT2D eigenvalue weighted by molar-refractivity contribution is 0.490. The smallest absolute Gasteiger partial charge is 0.205 e. The quantitative estimate of drug-likeness (QED) is 0.443. The first kappa shape index (κ1) is 23.0. The van der Waals surface area contributed by atoms with Crippen LogP contribution in [0, 0.1) is 19.3 Å². The van der Waals surface area contributed by atoms with E-state index in [9.17, 15) is 8.42 Å². The zero-order valence-corrected chi connectivity index (χ0v) is 20.3. The molecule has 0 aliphatic rings. The Balaban J connectivity index is 1.88. The highest BCUT2D eigenvalue weighted by molar-refractivity contribution is 7.90. The van der Waals surface area contributed by atoms with Gasteiger partial charge in [0.15, 0.2) is 5.65 Å². The van der Waals surface area contributed by atoms with Gasteiger partial charge in [0.1, 0.15) is 9.84 Å². The zero-order chi connectivity index (χ0) is 23.8. The summed E-state index contributed by atoms with van der Waals surface area (Å²) >= 11 is 0. The second-order valence-electron chi connectivity index (χ2n) is 8.93. The fourth-order valence-corrected chi connectivity index (χ4v) is 5.36. The summed E-state index contributed by atoms with van der Waals surface area (Å²) in [7, 11) is -3.29. The van der Waals surface area contributed by atoms with Gasteiger partial charge in [-0.1, -0.05) is 59.7 Å². The molecule has 33 heavy (non-hydrogen) atoms. The van der Waals surface area contributed by atoms with Crippen molar-refractivity contribution in [3.05, 3.63) is 94.7 Å². The Morgan fingerprint density at radius 3 is 2.15 bits per heavy atom. The van der Waals surface area contributed by atoms with E-state index in [4.69, 9.17) is 5.41 Å². The number of aromatic nitrogens is 3. The summed E-state index contributed by atoms with van der Waals surface area (Å²) in [6.07, 6.45) is 3.45. The lowest BCUT2D eigenvalue weighted by atomic mass is 10.1. The van der Waals surface area contributed by atoms with Gasteiger partial charge in [-0.3, -0.25) is 9.98 Å². The maximum Gasteiger partial charge on any atom is 0.205 e. The van der Waals surface area contributed by atoms with Crippen molar-refractivity contribution in [3.8, 4) is 0 Å². The molecule has 4 aromatic rings. The maximum atomic E-state index is 12.4. The number of benzene rings is 2. The van der Waals surface area contributed by atoms with E-state index in [1.54, 1.807) is 10.8 Å². The molecule has 0 amide bonds. The highest BCUT2D eigenvalue weighted by Crippen LogP contribution is 2.25. The number of pyridine rings is 1. The van der Waals surface area contributed by atoms with Crippen molar-refractivity contribution in [2.45, 2.75) is 39.3 Å². The first-order chi connectivity index (χ1) is 15.6. The Kier molecular flexibility index (Phi) is 6.26. The van der Waals surface area contributed by atoms with E-state index in [-0.39, 0.29) is 17.4 Å². The van der Waals surface area contributed by atoms with Crippen molar-refractivity contribution in [1.82, 2.24) is 14.1 Å². The summed E-state index contributed by atoms with van der Waals surface area (Å²) in [5, 5.41) is 9.13. The molecule has 2 aromatic carbocycles. The minimum Gasteiger partial charge on any atom is -0.302 e. The molecule has 4 rings (SSSR count). The molecule has 0 saturated heterocycles. The van der Waals surface area contributed by atoms with E-state index in [0.717, 1.165) is 22.2 Å². The second-order valence-corrected chi connectivity index (χ2v) is 11.1. The number of nitrogens with zero attached hydrogens (tertiary/aromatic N) is 3. The maximum absolute atomic E-state index is 12.4. The van der Waals surface area contributed by atoms with Crippen LogP contribution in [0.5, 0.6) is 0 Å². The van der Waals surface area contributed by atoms with Crippen LogP contribution in [-0.4, -0.2) is 34.5 Å². The molecular formula is C26H30N4O2S. The third-order valence-corrected chi connectivity index (χ3v) is 7.10. The predicted molar refractivity (Wildman–Crippen MR) is 132 cm³/mol. The van der Waals surface area contributed by atoms with E-state index in [1.807, 2.05) is 54.8 Å². The lowest BCUT2D eigenvalue weighted by Crippen LogP contribution is -2.33. The highest BCUT2D eigenvalue weighted by Gasteiger charge is 2.25. The molecule has 1 N–H and O–H groups in total. The van der Waals surface area contributed by atoms with Gasteiger partial charge < -0.3 is 4.57 Å². The van der Waals surface area contributed by atoms with E-state index < -0.39 is 15.9 Å². The fourth-order valence-electron chi connectivity index (χ4n) is 4.40. The Bertz CT molecular complexity index is 1430. The van der Waals surface area contributed by atoms with Crippen LogP contribution >= 0.6 is 0 Å². The van der Waals surface area contributed by atoms with Gasteiger partial charge in [-0.25, -0.2) is 13.4 Å². The molecule has 0 radical (unpaired) electrons. The molecule has 0 aliphatic heterocycles. The minimum atomic E-state index is -3.29. The monoisotopic (exact) mass is 462 g/mol. The van der Waals surface area contributed by atoms with Crippen LogP contribution in [0.25, 0.3) is 11.2 Å². The van der Waals surface area contributed by atoms with Crippen LogP contribution in [-0.2, 0) is 16.3 Å². The first-order valence-electron chi connectivity index (χ1n) is 11.1. The van der Waals surface area contributed by atoms with Crippen LogP contribution in [0.1, 0.15) is 41.3 Å². The average molecular weight is 463 g/mol. The molecule has 6 nitrogen and oxygen atoms in total. The number of imidazole rings is 1. The van der Waals surface area contributed by atoms with E-state index >= 15 is 0 Å². The molecule has 172 valence electrons. The summed E-state index contributed by atoms with van der Waals surface area (Å²) in [6, 6.07) is 19.6. The SMILES string of the molecule is Cc1ccc(CC(CS(C)(=O)=O)n2c(=N)n(C(C)c3ccc(C)cc3)c3cccnc32)cc1. The highest BCUT2D eigenvalue weighted by atomic mass is 32.2. The van der Waals surface area contributed by atoms with Crippen molar-refractivity contribution in [2.75, 3.05) is 12.0 Å². The normalized spacial score (nSPS) is 13.8. The number of sulfone groups is 1. The molecule has 7 heteroatoms. The van der Waals surface area contributed by atoms with Crippen LogP contribution in [0.4, 0.5) is 0 Å². The van der Waals surface area contributed by atoms with E-state index in [2.05, 4.69) is 36.2 Å². The van der Waals surface area contributed by atoms with Crippen LogP contribution in [0.3, 0.4) is 0 Å². The van der Waals surface area contributed by atoms with Gasteiger partial charge in [0.05, 0.1) is 23.4 Å². The van der Waals surface area contributed by atoms with Crippen LogP contribution in [0.2, 0.25) is 0 Å². The third-order valence-electron chi connectivity index (χ3n) is 6.11. The van der Waals surface area contributed by atoms with E-state index in [0.29, 0.717) is 12.1 Å². The van der Waals surface area contributed by atoms with Crippen molar-refractivity contribution >= 4 is 21.0 Å². The van der Waals surface area contributed by atoms with Gasteiger partial charge >= 0.3 is 0 Å². The molecule has 2 unspecified atom stereocenters. The van der Waals surface area contributed by atoms with Gasteiger partial charge in [0.2, 0.25) is 5.62 Å². The Labute approximate surface area is 195 Å². The van der Waals surface area contributed by atoms with Gasteiger partial charge in [0, 0.05) is 12.5 Å². The minimum absolute atomic E-state index is 0.0635. The fraction of sp³-hybridized carbons (Fsp3) is 0.308. The topological polar surface area (TPSA) is 80.7 Å². The number of nitrogens with one attached hydrogen (secondary N) is 1. The summed E-state index contributed by atoms with van der Waals surface area (Å²) in [5.41, 5.74) is 6.14. The van der Waals surface area contributed by atoms with Gasteiger partial charge in [0.25, 0.3) is 0 Å². The molecule has 0 fully saturated rings. The van der Waals surface area contributed by atoms with Gasteiger partial charge in [-0.05, 0) is 50.5 Å². The van der Waals surface area contributed by atoms with Crippen molar-refractivity contribution in [1.29, 1.82) is 5.41 Å². The third kappa shape index (κ3) is 4.93. The van der Waals surface area contributed by atoms with Crippen LogP contribution < -0.4 is 5.62 Å². The van der Waals surface area contributed by atoms with Crippen molar-refractivity contribution < 1.29 is 8.42 Å².